The van der Waals surface area contributed by atoms with Crippen LogP contribution in [0.5, 0.6) is 0 Å². The fourth-order valence-electron chi connectivity index (χ4n) is 7.69. The van der Waals surface area contributed by atoms with Crippen molar-refractivity contribution >= 4 is 23.9 Å². The van der Waals surface area contributed by atoms with Gasteiger partial charge in [0.1, 0.15) is 18.8 Å². The number of ether oxygens (including phenoxy) is 5. The van der Waals surface area contributed by atoms with Crippen LogP contribution in [0.2, 0.25) is 0 Å². The van der Waals surface area contributed by atoms with Gasteiger partial charge in [0.2, 0.25) is 0 Å². The van der Waals surface area contributed by atoms with Crippen LogP contribution in [0.4, 0.5) is 0 Å². The number of rotatable bonds is 46. The van der Waals surface area contributed by atoms with Crippen LogP contribution in [-0.4, -0.2) is 89.2 Å². The van der Waals surface area contributed by atoms with Crippen LogP contribution >= 0.6 is 0 Å². The van der Waals surface area contributed by atoms with Gasteiger partial charge in [-0.15, -0.1) is 0 Å². The predicted octanol–water partition coefficient (Wildman–Crippen LogP) is 14.4. The van der Waals surface area contributed by atoms with Gasteiger partial charge >= 0.3 is 23.9 Å². The van der Waals surface area contributed by atoms with Gasteiger partial charge in [0, 0.05) is 19.3 Å². The molecule has 12 heteroatoms. The van der Waals surface area contributed by atoms with Crippen molar-refractivity contribution in [2.24, 2.45) is 0 Å². The zero-order valence-electron chi connectivity index (χ0n) is 46.2. The van der Waals surface area contributed by atoms with E-state index >= 15 is 0 Å². The molecule has 0 amide bonds. The molecule has 0 aromatic heterocycles. The van der Waals surface area contributed by atoms with Crippen LogP contribution in [-0.2, 0) is 42.9 Å². The highest BCUT2D eigenvalue weighted by atomic mass is 16.7. The van der Waals surface area contributed by atoms with Gasteiger partial charge < -0.3 is 39.0 Å². The molecule has 6 unspecified atom stereocenters. The molecule has 0 aliphatic carbocycles. The summed E-state index contributed by atoms with van der Waals surface area (Å²) in [5.41, 5.74) is 0. The first kappa shape index (κ1) is 68.1. The van der Waals surface area contributed by atoms with Crippen LogP contribution in [0.15, 0.2) is 122 Å². The number of hydrogen-bond acceptors (Lipinski definition) is 11. The molecule has 1 heterocycles. The number of aliphatic hydroxyl groups excluding tert-OH is 2. The van der Waals surface area contributed by atoms with Gasteiger partial charge in [-0.25, -0.2) is 4.79 Å². The molecular formula is C63H98O12. The van der Waals surface area contributed by atoms with Gasteiger partial charge in [0.25, 0.3) is 0 Å². The average Bonchev–Trinajstić information content (AvgIpc) is 3.39. The number of unbranched alkanes of at least 4 members (excludes halogenated alkanes) is 12. The molecule has 75 heavy (non-hydrogen) atoms. The molecule has 6 atom stereocenters. The summed E-state index contributed by atoms with van der Waals surface area (Å²) in [5.74, 6) is -3.30. The Kier molecular flexibility index (Phi) is 45.4. The summed E-state index contributed by atoms with van der Waals surface area (Å²) in [6.45, 7) is 5.62. The largest absolute Gasteiger partial charge is 0.479 e. The van der Waals surface area contributed by atoms with E-state index in [4.69, 9.17) is 23.7 Å². The lowest BCUT2D eigenvalue weighted by Crippen LogP contribution is -2.61. The van der Waals surface area contributed by atoms with Crippen molar-refractivity contribution in [3.05, 3.63) is 122 Å². The van der Waals surface area contributed by atoms with E-state index in [0.29, 0.717) is 19.3 Å². The third kappa shape index (κ3) is 40.1. The zero-order chi connectivity index (χ0) is 54.7. The lowest BCUT2D eigenvalue weighted by molar-refractivity contribution is -0.301. The smallest absolute Gasteiger partial charge is 0.335 e. The fraction of sp³-hybridized carbons (Fsp3) is 0.619. The highest BCUT2D eigenvalue weighted by Crippen LogP contribution is 2.26. The Labute approximate surface area is 452 Å². The zero-order valence-corrected chi connectivity index (χ0v) is 46.2. The first-order valence-corrected chi connectivity index (χ1v) is 28.5. The van der Waals surface area contributed by atoms with Crippen molar-refractivity contribution in [1.29, 1.82) is 0 Å². The number of aliphatic hydroxyl groups is 2. The Morgan fingerprint density at radius 1 is 0.453 bits per heavy atom. The maximum atomic E-state index is 13.1. The molecule has 1 saturated heterocycles. The van der Waals surface area contributed by atoms with Crippen LogP contribution in [0.1, 0.15) is 201 Å². The number of carboxylic acid groups (broad SMARTS) is 1. The van der Waals surface area contributed by atoms with Crippen LogP contribution < -0.4 is 0 Å². The third-order valence-electron chi connectivity index (χ3n) is 12.0. The number of carbonyl (C=O) groups is 4. The van der Waals surface area contributed by atoms with E-state index in [0.717, 1.165) is 116 Å². The minimum Gasteiger partial charge on any atom is -0.479 e. The monoisotopic (exact) mass is 1050 g/mol. The maximum absolute atomic E-state index is 13.1. The molecule has 1 aliphatic rings. The topological polar surface area (TPSA) is 175 Å². The number of carbonyl (C=O) groups excluding carboxylic acids is 3. The van der Waals surface area contributed by atoms with Gasteiger partial charge in [-0.05, 0) is 116 Å². The van der Waals surface area contributed by atoms with Crippen LogP contribution in [0.25, 0.3) is 0 Å². The summed E-state index contributed by atoms with van der Waals surface area (Å²) >= 11 is 0. The van der Waals surface area contributed by atoms with Crippen molar-refractivity contribution in [2.75, 3.05) is 13.2 Å². The number of aliphatic carboxylic acids is 1. The Morgan fingerprint density at radius 2 is 0.867 bits per heavy atom. The molecule has 0 aromatic carbocycles. The number of hydrogen-bond donors (Lipinski definition) is 3. The number of esters is 3. The van der Waals surface area contributed by atoms with Crippen molar-refractivity contribution in [1.82, 2.24) is 0 Å². The fourth-order valence-corrected chi connectivity index (χ4v) is 7.69. The van der Waals surface area contributed by atoms with Crippen LogP contribution in [0, 0.1) is 0 Å². The molecule has 12 nitrogen and oxygen atoms in total. The highest BCUT2D eigenvalue weighted by molar-refractivity contribution is 5.74. The highest BCUT2D eigenvalue weighted by Gasteiger charge is 2.50. The quantitative estimate of drug-likeness (QED) is 0.0228. The minimum atomic E-state index is -1.92. The van der Waals surface area contributed by atoms with E-state index in [9.17, 15) is 34.5 Å². The standard InChI is InChI=1S/C63H98O12/c1-4-7-10-13-16-19-22-25-26-27-28-29-30-33-34-37-40-43-46-49-55(64)71-52-54(73-56(65)50-47-44-41-38-35-31-23-20-17-14-11-8-5-2)53-72-63-61(59(68)58(67)60(75-63)62(69)70)74-57(66)51-48-45-42-39-36-32-24-21-18-15-12-9-6-3/h7-8,10-11,16-17,19-21,24-26,28-29,31,33-35,40,43,54,58-61,63,67-68H,4-6,9,12-15,18,22-23,27,30,32,36-39,41-42,44-53H2,1-3H3,(H,69,70)/b10-7-,11-8-,19-16-,20-17-,24-21-,26-25-,29-28-,34-33-,35-31-,43-40-. The first-order chi connectivity index (χ1) is 36.6. The Morgan fingerprint density at radius 3 is 1.36 bits per heavy atom. The third-order valence-corrected chi connectivity index (χ3v) is 12.0. The second-order valence-electron chi connectivity index (χ2n) is 18.8. The van der Waals surface area contributed by atoms with Gasteiger partial charge in [-0.3, -0.25) is 14.4 Å². The first-order valence-electron chi connectivity index (χ1n) is 28.5. The molecule has 0 saturated carbocycles. The van der Waals surface area contributed by atoms with Gasteiger partial charge in [0.05, 0.1) is 6.61 Å². The van der Waals surface area contributed by atoms with Crippen molar-refractivity contribution in [2.45, 2.75) is 237 Å². The molecule has 3 N–H and O–H groups in total. The van der Waals surface area contributed by atoms with E-state index in [1.54, 1.807) is 0 Å². The van der Waals surface area contributed by atoms with E-state index < -0.39 is 67.3 Å². The molecular weight excluding hydrogens is 949 g/mol. The summed E-state index contributed by atoms with van der Waals surface area (Å²) in [4.78, 5) is 51.0. The molecule has 0 radical (unpaired) electrons. The van der Waals surface area contributed by atoms with Crippen LogP contribution in [0.3, 0.4) is 0 Å². The second-order valence-corrected chi connectivity index (χ2v) is 18.8. The molecule has 0 spiro atoms. The van der Waals surface area contributed by atoms with E-state index in [1.165, 1.54) is 25.7 Å². The molecule has 1 rings (SSSR count). The number of allylic oxidation sites excluding steroid dienone is 20. The van der Waals surface area contributed by atoms with Gasteiger partial charge in [0.15, 0.2) is 24.6 Å². The lowest BCUT2D eigenvalue weighted by Gasteiger charge is -2.40. The summed E-state index contributed by atoms with van der Waals surface area (Å²) in [5, 5.41) is 31.4. The minimum absolute atomic E-state index is 0.0334. The Bertz CT molecular complexity index is 1770. The number of carboxylic acids is 1. The summed E-state index contributed by atoms with van der Waals surface area (Å²) in [6, 6.07) is 0. The molecule has 1 aliphatic heterocycles. The molecule has 1 fully saturated rings. The van der Waals surface area contributed by atoms with Crippen molar-refractivity contribution < 1.29 is 58.2 Å². The average molecular weight is 1050 g/mol. The van der Waals surface area contributed by atoms with Gasteiger partial charge in [-0.2, -0.15) is 0 Å². The summed E-state index contributed by atoms with van der Waals surface area (Å²) < 4.78 is 28.2. The molecule has 422 valence electrons. The Hall–Kier alpha value is -4.88. The maximum Gasteiger partial charge on any atom is 0.335 e. The van der Waals surface area contributed by atoms with Gasteiger partial charge in [-0.1, -0.05) is 187 Å². The predicted molar refractivity (Wildman–Crippen MR) is 303 cm³/mol. The Balaban J connectivity index is 2.77. The normalized spacial score (nSPS) is 19.1. The van der Waals surface area contributed by atoms with E-state index in [2.05, 4.69) is 130 Å². The van der Waals surface area contributed by atoms with Crippen molar-refractivity contribution in [3.63, 3.8) is 0 Å². The molecule has 0 bridgehead atoms. The summed E-state index contributed by atoms with van der Waals surface area (Å²) in [6.07, 6.45) is 56.2. The van der Waals surface area contributed by atoms with E-state index in [1.807, 2.05) is 12.2 Å². The lowest BCUT2D eigenvalue weighted by atomic mass is 9.98. The van der Waals surface area contributed by atoms with E-state index in [-0.39, 0.29) is 25.9 Å². The molecule has 0 aromatic rings. The second kappa shape index (κ2) is 50.0. The SMILES string of the molecule is CC/C=C\C/C=C\C/C=C\C/C=C\C/C=C\C/C=C\CCC(=O)OCC(COC1OC(C(=O)O)C(O)C(O)C1OC(=O)CCCCCCC/C=C\CCCCCC)OC(=O)CCCCC/C=C\C/C=C\C/C=C\CC. The van der Waals surface area contributed by atoms with Crippen molar-refractivity contribution in [3.8, 4) is 0 Å². The summed E-state index contributed by atoms with van der Waals surface area (Å²) in [7, 11) is 0.